The summed E-state index contributed by atoms with van der Waals surface area (Å²) in [7, 11) is 0. The Bertz CT molecular complexity index is 1360. The summed E-state index contributed by atoms with van der Waals surface area (Å²) in [6.45, 7) is 0. The number of ether oxygens (including phenoxy) is 1. The third-order valence-corrected chi connectivity index (χ3v) is 5.54. The summed E-state index contributed by atoms with van der Waals surface area (Å²) < 4.78 is 5.89. The van der Waals surface area contributed by atoms with Crippen molar-refractivity contribution >= 4 is 29.1 Å². The molecule has 0 radical (unpaired) electrons. The Balaban J connectivity index is 1.61. The van der Waals surface area contributed by atoms with Crippen LogP contribution in [0.3, 0.4) is 0 Å². The summed E-state index contributed by atoms with van der Waals surface area (Å²) in [5.74, 6) is -2.07. The Labute approximate surface area is 213 Å². The predicted octanol–water partition coefficient (Wildman–Crippen LogP) is 5.03. The molecule has 0 saturated carbocycles. The molecule has 1 unspecified atom stereocenters. The number of hydrogen-bond donors (Lipinski definition) is 4. The van der Waals surface area contributed by atoms with E-state index in [-0.39, 0.29) is 23.7 Å². The zero-order valence-corrected chi connectivity index (χ0v) is 19.8. The molecule has 0 saturated heterocycles. The van der Waals surface area contributed by atoms with Crippen molar-refractivity contribution in [2.24, 2.45) is 5.92 Å². The summed E-state index contributed by atoms with van der Waals surface area (Å²) in [6, 6.07) is 31.5. The Kier molecular flexibility index (Phi) is 8.26. The van der Waals surface area contributed by atoms with E-state index in [4.69, 9.17) is 4.74 Å². The fourth-order valence-corrected chi connectivity index (χ4v) is 3.66. The second-order valence-corrected chi connectivity index (χ2v) is 8.15. The minimum atomic E-state index is -1.22. The molecule has 0 heterocycles. The van der Waals surface area contributed by atoms with E-state index in [2.05, 4.69) is 10.6 Å². The number of amides is 3. The first kappa shape index (κ1) is 25.2. The van der Waals surface area contributed by atoms with E-state index in [0.29, 0.717) is 17.1 Å². The lowest BCUT2D eigenvalue weighted by atomic mass is 9.97. The smallest absolute Gasteiger partial charge is 0.256 e. The van der Waals surface area contributed by atoms with E-state index >= 15 is 0 Å². The summed E-state index contributed by atoms with van der Waals surface area (Å²) in [6.07, 6.45) is 0.0694. The molecule has 8 nitrogen and oxygen atoms in total. The molecule has 0 spiro atoms. The van der Waals surface area contributed by atoms with Crippen LogP contribution in [-0.4, -0.2) is 22.9 Å². The van der Waals surface area contributed by atoms with Gasteiger partial charge in [-0.05, 0) is 48.4 Å². The van der Waals surface area contributed by atoms with Gasteiger partial charge in [-0.1, -0.05) is 66.7 Å². The molecule has 0 aliphatic heterocycles. The van der Waals surface area contributed by atoms with Crippen LogP contribution in [0.5, 0.6) is 11.5 Å². The molecule has 8 heteroatoms. The lowest BCUT2D eigenvalue weighted by Gasteiger charge is -2.18. The van der Waals surface area contributed by atoms with Gasteiger partial charge in [-0.25, -0.2) is 5.48 Å². The fraction of sp³-hybridized carbons (Fsp3) is 0.0690. The lowest BCUT2D eigenvalue weighted by Crippen LogP contribution is -2.38. The molecule has 0 bridgehead atoms. The van der Waals surface area contributed by atoms with Crippen molar-refractivity contribution in [3.05, 3.63) is 120 Å². The summed E-state index contributed by atoms with van der Waals surface area (Å²) in [5.41, 5.74) is 3.28. The van der Waals surface area contributed by atoms with Crippen molar-refractivity contribution in [2.75, 3.05) is 10.6 Å². The maximum atomic E-state index is 13.2. The average molecular weight is 496 g/mol. The van der Waals surface area contributed by atoms with Crippen molar-refractivity contribution in [1.82, 2.24) is 5.48 Å². The van der Waals surface area contributed by atoms with Crippen LogP contribution in [0.2, 0.25) is 0 Å². The first-order chi connectivity index (χ1) is 18.0. The van der Waals surface area contributed by atoms with Crippen molar-refractivity contribution in [3.8, 4) is 11.5 Å². The van der Waals surface area contributed by atoms with E-state index in [0.717, 1.165) is 5.56 Å². The second kappa shape index (κ2) is 12.1. The van der Waals surface area contributed by atoms with Crippen molar-refractivity contribution in [3.63, 3.8) is 0 Å². The number of para-hydroxylation sites is 1. The number of benzene rings is 4. The highest BCUT2D eigenvalue weighted by Crippen LogP contribution is 2.31. The van der Waals surface area contributed by atoms with Crippen molar-refractivity contribution < 1.29 is 24.3 Å². The number of carbonyl (C=O) groups is 3. The largest absolute Gasteiger partial charge is 0.457 e. The number of hydroxylamine groups is 1. The topological polar surface area (TPSA) is 117 Å². The van der Waals surface area contributed by atoms with E-state index in [1.54, 1.807) is 90.4 Å². The number of hydrogen-bond acceptors (Lipinski definition) is 5. The standard InChI is InChI=1S/C29H25N3O5/c33-27(21-12-6-2-7-13-21)31-26-19-23(37-22-14-8-3-9-15-22)16-17-25(26)30-28(34)24(29(35)32-36)18-20-10-4-1-5-11-20/h1-17,19,24,36H,18H2,(H,30,34)(H,31,33)(H,32,35). The van der Waals surface area contributed by atoms with Crippen LogP contribution in [-0.2, 0) is 16.0 Å². The molecule has 4 aromatic rings. The van der Waals surface area contributed by atoms with Gasteiger partial charge < -0.3 is 15.4 Å². The summed E-state index contributed by atoms with van der Waals surface area (Å²) in [5, 5.41) is 14.7. The third-order valence-electron chi connectivity index (χ3n) is 5.54. The molecule has 4 N–H and O–H groups in total. The third kappa shape index (κ3) is 6.81. The SMILES string of the molecule is O=C(Nc1cc(Oc2ccccc2)ccc1NC(=O)C(Cc1ccccc1)C(=O)NO)c1ccccc1. The fourth-order valence-electron chi connectivity index (χ4n) is 3.66. The van der Waals surface area contributed by atoms with Gasteiger partial charge in [0.25, 0.3) is 11.8 Å². The zero-order valence-electron chi connectivity index (χ0n) is 19.8. The maximum absolute atomic E-state index is 13.2. The molecule has 0 aliphatic rings. The zero-order chi connectivity index (χ0) is 26.0. The van der Waals surface area contributed by atoms with Gasteiger partial charge in [-0.3, -0.25) is 19.6 Å². The molecule has 3 amide bonds. The monoisotopic (exact) mass is 495 g/mol. The molecular weight excluding hydrogens is 470 g/mol. The Hall–Kier alpha value is -4.95. The number of nitrogens with one attached hydrogen (secondary N) is 3. The van der Waals surface area contributed by atoms with Gasteiger partial charge in [0, 0.05) is 11.6 Å². The highest BCUT2D eigenvalue weighted by atomic mass is 16.5. The minimum absolute atomic E-state index is 0.0694. The predicted molar refractivity (Wildman–Crippen MR) is 140 cm³/mol. The van der Waals surface area contributed by atoms with E-state index < -0.39 is 17.7 Å². The van der Waals surface area contributed by atoms with Gasteiger partial charge in [0.2, 0.25) is 5.91 Å². The Morgan fingerprint density at radius 3 is 1.95 bits per heavy atom. The number of carbonyl (C=O) groups excluding carboxylic acids is 3. The molecule has 4 aromatic carbocycles. The van der Waals surface area contributed by atoms with Crippen LogP contribution in [0, 0.1) is 5.92 Å². The van der Waals surface area contributed by atoms with Crippen LogP contribution >= 0.6 is 0 Å². The molecule has 4 rings (SSSR count). The first-order valence-electron chi connectivity index (χ1n) is 11.6. The van der Waals surface area contributed by atoms with Gasteiger partial charge in [0.1, 0.15) is 17.4 Å². The minimum Gasteiger partial charge on any atom is -0.457 e. The highest BCUT2D eigenvalue weighted by molar-refractivity contribution is 6.10. The van der Waals surface area contributed by atoms with Gasteiger partial charge in [0.15, 0.2) is 0 Å². The van der Waals surface area contributed by atoms with Crippen molar-refractivity contribution in [1.29, 1.82) is 0 Å². The van der Waals surface area contributed by atoms with Crippen LogP contribution < -0.4 is 20.9 Å². The van der Waals surface area contributed by atoms with Gasteiger partial charge in [0.05, 0.1) is 11.4 Å². The molecule has 1 atom stereocenters. The molecule has 0 aliphatic carbocycles. The molecular formula is C29H25N3O5. The van der Waals surface area contributed by atoms with E-state index in [9.17, 15) is 19.6 Å². The molecule has 37 heavy (non-hydrogen) atoms. The molecule has 0 aromatic heterocycles. The van der Waals surface area contributed by atoms with E-state index in [1.165, 1.54) is 0 Å². The Morgan fingerprint density at radius 2 is 1.30 bits per heavy atom. The second-order valence-electron chi connectivity index (χ2n) is 8.15. The maximum Gasteiger partial charge on any atom is 0.256 e. The first-order valence-corrected chi connectivity index (χ1v) is 11.6. The van der Waals surface area contributed by atoms with Gasteiger partial charge >= 0.3 is 0 Å². The highest BCUT2D eigenvalue weighted by Gasteiger charge is 2.28. The average Bonchev–Trinajstić information content (AvgIpc) is 2.94. The molecule has 186 valence electrons. The summed E-state index contributed by atoms with van der Waals surface area (Å²) >= 11 is 0. The van der Waals surface area contributed by atoms with Crippen LogP contribution in [0.15, 0.2) is 109 Å². The van der Waals surface area contributed by atoms with Crippen LogP contribution in [0.4, 0.5) is 11.4 Å². The van der Waals surface area contributed by atoms with Crippen molar-refractivity contribution in [2.45, 2.75) is 6.42 Å². The van der Waals surface area contributed by atoms with E-state index in [1.807, 2.05) is 24.3 Å². The lowest BCUT2D eigenvalue weighted by molar-refractivity contribution is -0.138. The normalized spacial score (nSPS) is 11.2. The number of anilines is 2. The van der Waals surface area contributed by atoms with Crippen LogP contribution in [0.1, 0.15) is 15.9 Å². The molecule has 0 fully saturated rings. The van der Waals surface area contributed by atoms with Gasteiger partial charge in [-0.15, -0.1) is 0 Å². The van der Waals surface area contributed by atoms with Gasteiger partial charge in [-0.2, -0.15) is 0 Å². The summed E-state index contributed by atoms with van der Waals surface area (Å²) in [4.78, 5) is 38.4. The Morgan fingerprint density at radius 1 is 0.676 bits per heavy atom. The quantitative estimate of drug-likeness (QED) is 0.148. The van der Waals surface area contributed by atoms with Crippen LogP contribution in [0.25, 0.3) is 0 Å². The number of rotatable bonds is 9.